The molecule has 25 heavy (non-hydrogen) atoms. The van der Waals surface area contributed by atoms with E-state index >= 15 is 0 Å². The van der Waals surface area contributed by atoms with E-state index in [1.54, 1.807) is 0 Å². The highest BCUT2D eigenvalue weighted by molar-refractivity contribution is 6.43. The van der Waals surface area contributed by atoms with Crippen LogP contribution in [0.15, 0.2) is 36.5 Å². The van der Waals surface area contributed by atoms with Crippen molar-refractivity contribution >= 4 is 51.9 Å². The standard InChI is InChI=1S/C15H7Cl3F3N3O/c16-11-8(2-1-3-9(11)15(19,20)21)14(25)22-7-4-5-24-10(6-7)12(17)13(18)23-24/h1-6H,(H,22,25). The first-order chi connectivity index (χ1) is 11.7. The molecule has 1 aromatic carbocycles. The maximum Gasteiger partial charge on any atom is 0.417 e. The largest absolute Gasteiger partial charge is 0.417 e. The van der Waals surface area contributed by atoms with Crippen LogP contribution in [0.2, 0.25) is 15.2 Å². The Morgan fingerprint density at radius 3 is 2.52 bits per heavy atom. The van der Waals surface area contributed by atoms with Crippen molar-refractivity contribution in [2.75, 3.05) is 5.32 Å². The van der Waals surface area contributed by atoms with Gasteiger partial charge >= 0.3 is 6.18 Å². The summed E-state index contributed by atoms with van der Waals surface area (Å²) in [5.74, 6) is -0.790. The van der Waals surface area contributed by atoms with Crippen molar-refractivity contribution in [2.24, 2.45) is 0 Å². The van der Waals surface area contributed by atoms with Gasteiger partial charge in [0.25, 0.3) is 5.91 Å². The predicted molar refractivity (Wildman–Crippen MR) is 89.6 cm³/mol. The van der Waals surface area contributed by atoms with Crippen LogP contribution in [0, 0.1) is 0 Å². The molecule has 2 aromatic heterocycles. The average molecular weight is 409 g/mol. The summed E-state index contributed by atoms with van der Waals surface area (Å²) in [4.78, 5) is 12.3. The average Bonchev–Trinajstić information content (AvgIpc) is 2.81. The van der Waals surface area contributed by atoms with Crippen LogP contribution in [0.5, 0.6) is 0 Å². The number of fused-ring (bicyclic) bond motifs is 1. The molecule has 3 aromatic rings. The quantitative estimate of drug-likeness (QED) is 0.603. The number of halogens is 6. The normalized spacial score (nSPS) is 11.8. The van der Waals surface area contributed by atoms with Gasteiger partial charge in [0, 0.05) is 11.9 Å². The van der Waals surface area contributed by atoms with Crippen LogP contribution >= 0.6 is 34.8 Å². The van der Waals surface area contributed by atoms with Gasteiger partial charge in [-0.05, 0) is 24.3 Å². The number of aromatic nitrogens is 2. The molecular formula is C15H7Cl3F3N3O. The first kappa shape index (κ1) is 17.8. The molecule has 2 heterocycles. The fourth-order valence-corrected chi connectivity index (χ4v) is 2.87. The van der Waals surface area contributed by atoms with Crippen LogP contribution in [0.25, 0.3) is 5.52 Å². The van der Waals surface area contributed by atoms with Crippen LogP contribution < -0.4 is 5.32 Å². The van der Waals surface area contributed by atoms with Crippen molar-refractivity contribution in [1.82, 2.24) is 9.61 Å². The molecule has 0 atom stereocenters. The summed E-state index contributed by atoms with van der Waals surface area (Å²) in [6.45, 7) is 0. The molecule has 0 unspecified atom stereocenters. The molecule has 0 aliphatic rings. The van der Waals surface area contributed by atoms with Gasteiger partial charge in [-0.25, -0.2) is 4.52 Å². The Morgan fingerprint density at radius 2 is 1.84 bits per heavy atom. The van der Waals surface area contributed by atoms with Gasteiger partial charge in [0.05, 0.1) is 21.7 Å². The van der Waals surface area contributed by atoms with Crippen LogP contribution in [-0.2, 0) is 6.18 Å². The predicted octanol–water partition coefficient (Wildman–Crippen LogP) is 5.57. The number of benzene rings is 1. The van der Waals surface area contributed by atoms with E-state index in [-0.39, 0.29) is 15.7 Å². The maximum atomic E-state index is 12.9. The summed E-state index contributed by atoms with van der Waals surface area (Å²) in [5.41, 5.74) is -0.652. The number of carbonyl (C=O) groups is 1. The monoisotopic (exact) mass is 407 g/mol. The van der Waals surface area contributed by atoms with Gasteiger partial charge in [0.2, 0.25) is 0 Å². The number of rotatable bonds is 2. The molecule has 3 rings (SSSR count). The number of pyridine rings is 1. The van der Waals surface area contributed by atoms with E-state index in [2.05, 4.69) is 10.4 Å². The second-order valence-electron chi connectivity index (χ2n) is 4.97. The summed E-state index contributed by atoms with van der Waals surface area (Å²) in [6, 6.07) is 6.10. The molecule has 1 N–H and O–H groups in total. The number of hydrogen-bond donors (Lipinski definition) is 1. The molecule has 0 bridgehead atoms. The van der Waals surface area contributed by atoms with Crippen molar-refractivity contribution in [3.63, 3.8) is 0 Å². The lowest BCUT2D eigenvalue weighted by atomic mass is 10.1. The lowest BCUT2D eigenvalue weighted by Gasteiger charge is -2.12. The number of nitrogens with zero attached hydrogens (tertiary/aromatic N) is 2. The second kappa shape index (κ2) is 6.40. The zero-order valence-corrected chi connectivity index (χ0v) is 14.3. The number of amides is 1. The molecule has 0 fully saturated rings. The molecular weight excluding hydrogens is 402 g/mol. The number of nitrogens with one attached hydrogen (secondary N) is 1. The fraction of sp³-hybridized carbons (Fsp3) is 0.0667. The van der Waals surface area contributed by atoms with E-state index in [0.717, 1.165) is 12.1 Å². The first-order valence-corrected chi connectivity index (χ1v) is 7.82. The summed E-state index contributed by atoms with van der Waals surface area (Å²) in [5, 5.41) is 6.02. The Hall–Kier alpha value is -1.96. The van der Waals surface area contributed by atoms with E-state index in [9.17, 15) is 18.0 Å². The van der Waals surface area contributed by atoms with Crippen LogP contribution in [0.1, 0.15) is 15.9 Å². The van der Waals surface area contributed by atoms with Crippen molar-refractivity contribution in [2.45, 2.75) is 6.18 Å². The van der Waals surface area contributed by atoms with Gasteiger partial charge < -0.3 is 5.32 Å². The molecule has 4 nitrogen and oxygen atoms in total. The van der Waals surface area contributed by atoms with Crippen molar-refractivity contribution in [1.29, 1.82) is 0 Å². The van der Waals surface area contributed by atoms with Crippen LogP contribution in [-0.4, -0.2) is 15.5 Å². The summed E-state index contributed by atoms with van der Waals surface area (Å²) in [7, 11) is 0. The topological polar surface area (TPSA) is 46.4 Å². The van der Waals surface area contributed by atoms with E-state index in [1.807, 2.05) is 0 Å². The molecule has 0 radical (unpaired) electrons. The third-order valence-corrected chi connectivity index (χ3v) is 4.48. The SMILES string of the molecule is O=C(Nc1ccn2nc(Cl)c(Cl)c2c1)c1cccc(C(F)(F)F)c1Cl. The molecule has 1 amide bonds. The van der Waals surface area contributed by atoms with Gasteiger partial charge in [-0.1, -0.05) is 40.9 Å². The minimum atomic E-state index is -4.66. The molecule has 10 heteroatoms. The second-order valence-corrected chi connectivity index (χ2v) is 6.08. The highest BCUT2D eigenvalue weighted by Crippen LogP contribution is 2.36. The highest BCUT2D eigenvalue weighted by atomic mass is 35.5. The number of carbonyl (C=O) groups excluding carboxylic acids is 1. The molecule has 0 saturated carbocycles. The Bertz CT molecular complexity index is 985. The summed E-state index contributed by atoms with van der Waals surface area (Å²) < 4.78 is 40.1. The molecule has 0 spiro atoms. The number of hydrogen-bond acceptors (Lipinski definition) is 2. The van der Waals surface area contributed by atoms with Crippen molar-refractivity contribution in [3.05, 3.63) is 62.9 Å². The third kappa shape index (κ3) is 3.40. The van der Waals surface area contributed by atoms with E-state index in [1.165, 1.54) is 28.9 Å². The summed E-state index contributed by atoms with van der Waals surface area (Å²) >= 11 is 17.5. The Balaban J connectivity index is 1.94. The van der Waals surface area contributed by atoms with Gasteiger partial charge in [0.15, 0.2) is 5.15 Å². The van der Waals surface area contributed by atoms with Crippen LogP contribution in [0.3, 0.4) is 0 Å². The Morgan fingerprint density at radius 1 is 1.12 bits per heavy atom. The lowest BCUT2D eigenvalue weighted by Crippen LogP contribution is -2.15. The lowest BCUT2D eigenvalue weighted by molar-refractivity contribution is -0.137. The molecule has 0 saturated heterocycles. The van der Waals surface area contributed by atoms with Crippen LogP contribution in [0.4, 0.5) is 18.9 Å². The van der Waals surface area contributed by atoms with E-state index < -0.39 is 22.7 Å². The number of alkyl halides is 3. The van der Waals surface area contributed by atoms with Gasteiger partial charge in [0.1, 0.15) is 5.02 Å². The van der Waals surface area contributed by atoms with Crippen molar-refractivity contribution in [3.8, 4) is 0 Å². The van der Waals surface area contributed by atoms with E-state index in [0.29, 0.717) is 11.2 Å². The van der Waals surface area contributed by atoms with Gasteiger partial charge in [-0.15, -0.1) is 0 Å². The smallest absolute Gasteiger partial charge is 0.322 e. The van der Waals surface area contributed by atoms with Gasteiger partial charge in [-0.2, -0.15) is 18.3 Å². The molecule has 130 valence electrons. The summed E-state index contributed by atoms with van der Waals surface area (Å²) in [6.07, 6.45) is -3.16. The highest BCUT2D eigenvalue weighted by Gasteiger charge is 2.34. The molecule has 0 aliphatic carbocycles. The van der Waals surface area contributed by atoms with Gasteiger partial charge in [-0.3, -0.25) is 4.79 Å². The number of anilines is 1. The first-order valence-electron chi connectivity index (χ1n) is 6.69. The minimum absolute atomic E-state index is 0.0890. The Kier molecular flexibility index (Phi) is 4.57. The zero-order chi connectivity index (χ0) is 18.4. The van der Waals surface area contributed by atoms with E-state index in [4.69, 9.17) is 34.8 Å². The fourth-order valence-electron chi connectivity index (χ4n) is 2.19. The maximum absolute atomic E-state index is 12.9. The van der Waals surface area contributed by atoms with Crippen molar-refractivity contribution < 1.29 is 18.0 Å². The third-order valence-electron chi connectivity index (χ3n) is 3.34. The Labute approximate surface area is 154 Å². The minimum Gasteiger partial charge on any atom is -0.322 e. The molecule has 0 aliphatic heterocycles. The zero-order valence-electron chi connectivity index (χ0n) is 12.0.